The van der Waals surface area contributed by atoms with Gasteiger partial charge in [0.25, 0.3) is 5.69 Å². The Morgan fingerprint density at radius 1 is 1.43 bits per heavy atom. The average Bonchev–Trinajstić information content (AvgIpc) is 2.45. The van der Waals surface area contributed by atoms with E-state index in [4.69, 9.17) is 4.74 Å². The van der Waals surface area contributed by atoms with Crippen molar-refractivity contribution >= 4 is 11.4 Å². The second kappa shape index (κ2) is 7.41. The van der Waals surface area contributed by atoms with Crippen LogP contribution in [0.15, 0.2) is 18.2 Å². The highest BCUT2D eigenvalue weighted by Crippen LogP contribution is 2.28. The van der Waals surface area contributed by atoms with Gasteiger partial charge in [-0.15, -0.1) is 0 Å². The van der Waals surface area contributed by atoms with Crippen LogP contribution >= 0.6 is 0 Å². The first-order valence-corrected chi connectivity index (χ1v) is 7.73. The third kappa shape index (κ3) is 4.43. The SMILES string of the molecule is CCNc1cc(COC2CCCC(C)C2)ccc1[N+](=O)[O-]. The fourth-order valence-corrected chi connectivity index (χ4v) is 2.91. The summed E-state index contributed by atoms with van der Waals surface area (Å²) in [6.07, 6.45) is 5.09. The van der Waals surface area contributed by atoms with Gasteiger partial charge in [0.15, 0.2) is 0 Å². The van der Waals surface area contributed by atoms with E-state index in [1.165, 1.54) is 12.8 Å². The molecule has 0 aromatic heterocycles. The van der Waals surface area contributed by atoms with Crippen molar-refractivity contribution in [1.82, 2.24) is 0 Å². The molecule has 0 bridgehead atoms. The van der Waals surface area contributed by atoms with Crippen LogP contribution in [0.2, 0.25) is 0 Å². The number of hydrogen-bond acceptors (Lipinski definition) is 4. The Morgan fingerprint density at radius 3 is 2.90 bits per heavy atom. The minimum Gasteiger partial charge on any atom is -0.380 e. The third-order valence-electron chi connectivity index (χ3n) is 4.00. The average molecular weight is 292 g/mol. The van der Waals surface area contributed by atoms with Crippen LogP contribution in [-0.2, 0) is 11.3 Å². The molecular formula is C16H24N2O3. The Morgan fingerprint density at radius 2 is 2.24 bits per heavy atom. The molecule has 1 aliphatic carbocycles. The van der Waals surface area contributed by atoms with Crippen molar-refractivity contribution in [3.63, 3.8) is 0 Å². The molecule has 1 saturated carbocycles. The van der Waals surface area contributed by atoms with E-state index in [2.05, 4.69) is 12.2 Å². The summed E-state index contributed by atoms with van der Waals surface area (Å²) in [6, 6.07) is 5.17. The fourth-order valence-electron chi connectivity index (χ4n) is 2.91. The smallest absolute Gasteiger partial charge is 0.292 e. The van der Waals surface area contributed by atoms with E-state index in [0.29, 0.717) is 24.9 Å². The van der Waals surface area contributed by atoms with Crippen molar-refractivity contribution in [2.24, 2.45) is 5.92 Å². The highest BCUT2D eigenvalue weighted by molar-refractivity contribution is 5.62. The van der Waals surface area contributed by atoms with Crippen molar-refractivity contribution < 1.29 is 9.66 Å². The molecule has 0 heterocycles. The van der Waals surface area contributed by atoms with E-state index in [-0.39, 0.29) is 10.6 Å². The second-order valence-corrected chi connectivity index (χ2v) is 5.84. The highest BCUT2D eigenvalue weighted by atomic mass is 16.6. The second-order valence-electron chi connectivity index (χ2n) is 5.84. The van der Waals surface area contributed by atoms with Crippen molar-refractivity contribution in [2.75, 3.05) is 11.9 Å². The molecule has 1 fully saturated rings. The molecular weight excluding hydrogens is 268 g/mol. The highest BCUT2D eigenvalue weighted by Gasteiger charge is 2.20. The zero-order valence-electron chi connectivity index (χ0n) is 12.8. The number of anilines is 1. The minimum atomic E-state index is -0.356. The van der Waals surface area contributed by atoms with Gasteiger partial charge in [0.2, 0.25) is 0 Å². The van der Waals surface area contributed by atoms with Crippen molar-refractivity contribution in [2.45, 2.75) is 52.2 Å². The lowest BCUT2D eigenvalue weighted by Crippen LogP contribution is -2.21. The molecule has 2 atom stereocenters. The number of nitro benzene ring substituents is 1. The van der Waals surface area contributed by atoms with E-state index < -0.39 is 0 Å². The first-order valence-electron chi connectivity index (χ1n) is 7.73. The molecule has 1 aromatic carbocycles. The van der Waals surface area contributed by atoms with Gasteiger partial charge in [-0.05, 0) is 43.4 Å². The predicted octanol–water partition coefficient (Wildman–Crippen LogP) is 4.12. The summed E-state index contributed by atoms with van der Waals surface area (Å²) in [5.41, 5.74) is 1.67. The normalized spacial score (nSPS) is 22.0. The molecule has 21 heavy (non-hydrogen) atoms. The van der Waals surface area contributed by atoms with Gasteiger partial charge in [-0.1, -0.05) is 19.8 Å². The zero-order valence-corrected chi connectivity index (χ0v) is 12.8. The Balaban J connectivity index is 1.99. The van der Waals surface area contributed by atoms with E-state index in [1.54, 1.807) is 12.1 Å². The maximum Gasteiger partial charge on any atom is 0.292 e. The summed E-state index contributed by atoms with van der Waals surface area (Å²) in [4.78, 5) is 10.6. The van der Waals surface area contributed by atoms with Gasteiger partial charge in [-0.25, -0.2) is 0 Å². The molecule has 5 heteroatoms. The number of hydrogen-bond donors (Lipinski definition) is 1. The van der Waals surface area contributed by atoms with Gasteiger partial charge >= 0.3 is 0 Å². The van der Waals surface area contributed by atoms with Gasteiger partial charge in [0, 0.05) is 12.6 Å². The van der Waals surface area contributed by atoms with Gasteiger partial charge < -0.3 is 10.1 Å². The molecule has 2 unspecified atom stereocenters. The van der Waals surface area contributed by atoms with Crippen molar-refractivity contribution in [3.8, 4) is 0 Å². The summed E-state index contributed by atoms with van der Waals surface area (Å²) >= 11 is 0. The largest absolute Gasteiger partial charge is 0.380 e. The Bertz CT molecular complexity index is 490. The number of benzene rings is 1. The van der Waals surface area contributed by atoms with Gasteiger partial charge in [0.1, 0.15) is 5.69 Å². The molecule has 0 spiro atoms. The maximum absolute atomic E-state index is 11.0. The topological polar surface area (TPSA) is 64.4 Å². The van der Waals surface area contributed by atoms with Crippen LogP contribution in [0.1, 0.15) is 45.1 Å². The van der Waals surface area contributed by atoms with Crippen LogP contribution in [0.3, 0.4) is 0 Å². The standard InChI is InChI=1S/C16H24N2O3/c1-3-17-15-10-13(7-8-16(15)18(19)20)11-21-14-6-4-5-12(2)9-14/h7-8,10,12,14,17H,3-6,9,11H2,1-2H3. The van der Waals surface area contributed by atoms with Crippen LogP contribution < -0.4 is 5.32 Å². The first-order chi connectivity index (χ1) is 10.1. The summed E-state index contributed by atoms with van der Waals surface area (Å²) in [7, 11) is 0. The molecule has 1 N–H and O–H groups in total. The van der Waals surface area contributed by atoms with Gasteiger partial charge in [-0.3, -0.25) is 10.1 Å². The zero-order chi connectivity index (χ0) is 15.2. The Labute approximate surface area is 125 Å². The van der Waals surface area contributed by atoms with E-state index in [1.807, 2.05) is 13.0 Å². The minimum absolute atomic E-state index is 0.117. The molecule has 0 aliphatic heterocycles. The lowest BCUT2D eigenvalue weighted by molar-refractivity contribution is -0.384. The van der Waals surface area contributed by atoms with Crippen LogP contribution in [0.5, 0.6) is 0 Å². The molecule has 0 saturated heterocycles. The van der Waals surface area contributed by atoms with E-state index in [0.717, 1.165) is 24.3 Å². The van der Waals surface area contributed by atoms with E-state index in [9.17, 15) is 10.1 Å². The molecule has 1 aromatic rings. The maximum atomic E-state index is 11.0. The van der Waals surface area contributed by atoms with Crippen molar-refractivity contribution in [3.05, 3.63) is 33.9 Å². The van der Waals surface area contributed by atoms with Crippen LogP contribution in [0, 0.1) is 16.0 Å². The summed E-state index contributed by atoms with van der Waals surface area (Å²) < 4.78 is 5.98. The number of nitrogens with one attached hydrogen (secondary N) is 1. The number of rotatable bonds is 6. The number of nitro groups is 1. The quantitative estimate of drug-likeness (QED) is 0.632. The van der Waals surface area contributed by atoms with Gasteiger partial charge in [-0.2, -0.15) is 0 Å². The van der Waals surface area contributed by atoms with Crippen molar-refractivity contribution in [1.29, 1.82) is 0 Å². The lowest BCUT2D eigenvalue weighted by atomic mass is 9.89. The summed E-state index contributed by atoms with van der Waals surface area (Å²) in [6.45, 7) is 5.38. The molecule has 5 nitrogen and oxygen atoms in total. The third-order valence-corrected chi connectivity index (χ3v) is 4.00. The Kier molecular flexibility index (Phi) is 5.56. The number of nitrogens with zero attached hydrogens (tertiary/aromatic N) is 1. The van der Waals surface area contributed by atoms with Crippen LogP contribution in [0.4, 0.5) is 11.4 Å². The van der Waals surface area contributed by atoms with Gasteiger partial charge in [0.05, 0.1) is 17.6 Å². The molecule has 116 valence electrons. The molecule has 0 amide bonds. The van der Waals surface area contributed by atoms with Crippen LogP contribution in [-0.4, -0.2) is 17.6 Å². The summed E-state index contributed by atoms with van der Waals surface area (Å²) in [5.74, 6) is 0.734. The monoisotopic (exact) mass is 292 g/mol. The molecule has 2 rings (SSSR count). The Hall–Kier alpha value is -1.62. The summed E-state index contributed by atoms with van der Waals surface area (Å²) in [5, 5.41) is 14.0. The lowest BCUT2D eigenvalue weighted by Gasteiger charge is -2.26. The first kappa shape index (κ1) is 15.8. The fraction of sp³-hybridized carbons (Fsp3) is 0.625. The molecule has 0 radical (unpaired) electrons. The predicted molar refractivity (Wildman–Crippen MR) is 83.5 cm³/mol. The number of ether oxygens (including phenoxy) is 1. The van der Waals surface area contributed by atoms with Crippen LogP contribution in [0.25, 0.3) is 0 Å². The molecule has 1 aliphatic rings. The van der Waals surface area contributed by atoms with E-state index >= 15 is 0 Å².